The van der Waals surface area contributed by atoms with Crippen LogP contribution in [0.4, 0.5) is 0 Å². The Balaban J connectivity index is 2.88. The molecule has 0 saturated carbocycles. The lowest BCUT2D eigenvalue weighted by Crippen LogP contribution is -2.08. The van der Waals surface area contributed by atoms with Crippen LogP contribution in [0.1, 0.15) is 17.6 Å². The largest absolute Gasteiger partial charge is 0.387 e. The molecule has 0 amide bonds. The number of hydrogen-bond acceptors (Lipinski definition) is 3. The lowest BCUT2D eigenvalue weighted by molar-refractivity contribution is 1.06. The number of aryl methyl sites for hydroxylation is 1. The molecule has 1 rings (SSSR count). The topological polar surface area (TPSA) is 38.9 Å². The Labute approximate surface area is 69.1 Å². The van der Waals surface area contributed by atoms with Crippen molar-refractivity contribution < 1.29 is 0 Å². The third-order valence-electron chi connectivity index (χ3n) is 1.12. The smallest absolute Gasteiger partial charge is 0.150 e. The van der Waals surface area contributed by atoms with Gasteiger partial charge in [0.25, 0.3) is 0 Å². The van der Waals surface area contributed by atoms with E-state index in [1.807, 2.05) is 5.38 Å². The standard InChI is InChI=1S/C6H8N2S2/c1-2-4-3-10-6(8-4)5(7)9/h3H,2H2,1H3,(H2,7,9). The summed E-state index contributed by atoms with van der Waals surface area (Å²) in [6.07, 6.45) is 0.944. The summed E-state index contributed by atoms with van der Waals surface area (Å²) < 4.78 is 0. The van der Waals surface area contributed by atoms with Crippen LogP contribution in [-0.2, 0) is 6.42 Å². The molecule has 1 aromatic heterocycles. The second-order valence-corrected chi connectivity index (χ2v) is 3.16. The monoisotopic (exact) mass is 172 g/mol. The van der Waals surface area contributed by atoms with Gasteiger partial charge in [0.1, 0.15) is 4.99 Å². The predicted molar refractivity (Wildman–Crippen MR) is 47.4 cm³/mol. The molecule has 2 nitrogen and oxygen atoms in total. The zero-order chi connectivity index (χ0) is 7.56. The Morgan fingerprint density at radius 3 is 2.90 bits per heavy atom. The molecule has 54 valence electrons. The van der Waals surface area contributed by atoms with Gasteiger partial charge in [0.05, 0.1) is 5.69 Å². The van der Waals surface area contributed by atoms with E-state index in [1.165, 1.54) is 11.3 Å². The van der Waals surface area contributed by atoms with Gasteiger partial charge in [-0.05, 0) is 6.42 Å². The van der Waals surface area contributed by atoms with Crippen LogP contribution in [-0.4, -0.2) is 9.97 Å². The number of nitrogens with zero attached hydrogens (tertiary/aromatic N) is 1. The van der Waals surface area contributed by atoms with Crippen molar-refractivity contribution >= 4 is 28.5 Å². The highest BCUT2D eigenvalue weighted by atomic mass is 32.1. The summed E-state index contributed by atoms with van der Waals surface area (Å²) in [5.41, 5.74) is 6.42. The maximum Gasteiger partial charge on any atom is 0.150 e. The molecule has 0 aliphatic heterocycles. The molecule has 10 heavy (non-hydrogen) atoms. The second-order valence-electron chi connectivity index (χ2n) is 1.86. The van der Waals surface area contributed by atoms with Crippen molar-refractivity contribution in [3.05, 3.63) is 16.1 Å². The van der Waals surface area contributed by atoms with Crippen LogP contribution in [0.2, 0.25) is 0 Å². The first-order valence-corrected chi connectivity index (χ1v) is 4.27. The Morgan fingerprint density at radius 1 is 1.90 bits per heavy atom. The number of rotatable bonds is 2. The first-order valence-electron chi connectivity index (χ1n) is 2.98. The van der Waals surface area contributed by atoms with Crippen LogP contribution in [0.3, 0.4) is 0 Å². The summed E-state index contributed by atoms with van der Waals surface area (Å²) in [5.74, 6) is 0. The Kier molecular flexibility index (Phi) is 2.34. The fourth-order valence-corrected chi connectivity index (χ4v) is 1.53. The second kappa shape index (κ2) is 3.07. The van der Waals surface area contributed by atoms with Crippen LogP contribution in [0.15, 0.2) is 5.38 Å². The highest BCUT2D eigenvalue weighted by Gasteiger charge is 2.00. The van der Waals surface area contributed by atoms with Gasteiger partial charge in [-0.25, -0.2) is 4.98 Å². The van der Waals surface area contributed by atoms with Gasteiger partial charge >= 0.3 is 0 Å². The quantitative estimate of drug-likeness (QED) is 0.684. The van der Waals surface area contributed by atoms with E-state index in [1.54, 1.807) is 0 Å². The van der Waals surface area contributed by atoms with E-state index in [-0.39, 0.29) is 0 Å². The first-order chi connectivity index (χ1) is 4.74. The lowest BCUT2D eigenvalue weighted by Gasteiger charge is -1.86. The maximum atomic E-state index is 5.36. The van der Waals surface area contributed by atoms with Crippen molar-refractivity contribution in [1.82, 2.24) is 4.98 Å². The zero-order valence-corrected chi connectivity index (χ0v) is 7.26. The van der Waals surface area contributed by atoms with Crippen molar-refractivity contribution in [1.29, 1.82) is 0 Å². The molecular weight excluding hydrogens is 164 g/mol. The highest BCUT2D eigenvalue weighted by molar-refractivity contribution is 7.81. The number of hydrogen-bond donors (Lipinski definition) is 1. The summed E-state index contributed by atoms with van der Waals surface area (Å²) in [6, 6.07) is 0. The van der Waals surface area contributed by atoms with Crippen LogP contribution < -0.4 is 5.73 Å². The van der Waals surface area contributed by atoms with Crippen LogP contribution in [0.25, 0.3) is 0 Å². The fourth-order valence-electron chi connectivity index (χ4n) is 0.583. The van der Waals surface area contributed by atoms with E-state index in [2.05, 4.69) is 11.9 Å². The molecule has 4 heteroatoms. The fraction of sp³-hybridized carbons (Fsp3) is 0.333. The number of thiazole rings is 1. The van der Waals surface area contributed by atoms with Gasteiger partial charge in [0.15, 0.2) is 5.01 Å². The first kappa shape index (κ1) is 7.63. The third-order valence-corrected chi connectivity index (χ3v) is 2.37. The third kappa shape index (κ3) is 1.52. The van der Waals surface area contributed by atoms with Gasteiger partial charge in [0, 0.05) is 5.38 Å². The maximum absolute atomic E-state index is 5.36. The van der Waals surface area contributed by atoms with E-state index in [0.717, 1.165) is 17.1 Å². The van der Waals surface area contributed by atoms with E-state index < -0.39 is 0 Å². The molecule has 0 atom stereocenters. The van der Waals surface area contributed by atoms with Crippen LogP contribution in [0.5, 0.6) is 0 Å². The normalized spacial score (nSPS) is 9.70. The molecule has 2 N–H and O–H groups in total. The number of nitrogens with two attached hydrogens (primary N) is 1. The summed E-state index contributed by atoms with van der Waals surface area (Å²) >= 11 is 6.25. The predicted octanol–water partition coefficient (Wildman–Crippen LogP) is 1.34. The van der Waals surface area contributed by atoms with Crippen LogP contribution >= 0.6 is 23.6 Å². The molecule has 0 bridgehead atoms. The molecule has 0 saturated heterocycles. The minimum absolute atomic E-state index is 0.393. The molecule has 0 radical (unpaired) electrons. The van der Waals surface area contributed by atoms with Gasteiger partial charge in [-0.15, -0.1) is 11.3 Å². The molecular formula is C6H8N2S2. The lowest BCUT2D eigenvalue weighted by atomic mass is 10.4. The summed E-state index contributed by atoms with van der Waals surface area (Å²) in [5, 5.41) is 2.75. The minimum Gasteiger partial charge on any atom is -0.387 e. The van der Waals surface area contributed by atoms with E-state index in [9.17, 15) is 0 Å². The summed E-state index contributed by atoms with van der Waals surface area (Å²) in [4.78, 5) is 4.57. The number of aromatic nitrogens is 1. The minimum atomic E-state index is 0.393. The number of thiocarbonyl (C=S) groups is 1. The molecule has 0 fully saturated rings. The highest BCUT2D eigenvalue weighted by Crippen LogP contribution is 2.09. The summed E-state index contributed by atoms with van der Waals surface area (Å²) in [7, 11) is 0. The van der Waals surface area contributed by atoms with Crippen LogP contribution in [0, 0.1) is 0 Å². The van der Waals surface area contributed by atoms with Crippen molar-refractivity contribution in [2.24, 2.45) is 5.73 Å². The zero-order valence-electron chi connectivity index (χ0n) is 5.63. The van der Waals surface area contributed by atoms with Crippen molar-refractivity contribution in [2.75, 3.05) is 0 Å². The summed E-state index contributed by atoms with van der Waals surface area (Å²) in [6.45, 7) is 2.05. The Bertz CT molecular complexity index is 242. The average Bonchev–Trinajstić information content (AvgIpc) is 2.34. The van der Waals surface area contributed by atoms with E-state index in [0.29, 0.717) is 4.99 Å². The molecule has 0 aromatic carbocycles. The van der Waals surface area contributed by atoms with Crippen molar-refractivity contribution in [3.63, 3.8) is 0 Å². The van der Waals surface area contributed by atoms with Gasteiger partial charge < -0.3 is 5.73 Å². The molecule has 1 heterocycles. The Hall–Kier alpha value is -0.480. The van der Waals surface area contributed by atoms with Gasteiger partial charge in [0.2, 0.25) is 0 Å². The van der Waals surface area contributed by atoms with Gasteiger partial charge in [-0.2, -0.15) is 0 Å². The molecule has 0 unspecified atom stereocenters. The molecule has 1 aromatic rings. The van der Waals surface area contributed by atoms with E-state index in [4.69, 9.17) is 18.0 Å². The van der Waals surface area contributed by atoms with Gasteiger partial charge in [-0.3, -0.25) is 0 Å². The SMILES string of the molecule is CCc1csc(C(N)=S)n1. The molecule has 0 aliphatic carbocycles. The molecule has 0 aliphatic rings. The van der Waals surface area contributed by atoms with Crippen molar-refractivity contribution in [2.45, 2.75) is 13.3 Å². The molecule has 0 spiro atoms. The Morgan fingerprint density at radius 2 is 2.60 bits per heavy atom. The van der Waals surface area contributed by atoms with E-state index >= 15 is 0 Å². The average molecular weight is 172 g/mol. The van der Waals surface area contributed by atoms with Crippen molar-refractivity contribution in [3.8, 4) is 0 Å². The van der Waals surface area contributed by atoms with Gasteiger partial charge in [-0.1, -0.05) is 19.1 Å².